The molecule has 3 aromatic rings. The van der Waals surface area contributed by atoms with Crippen LogP contribution in [0.5, 0.6) is 5.75 Å². The number of aliphatic imine (C=N–C) groups is 1. The first-order valence-corrected chi connectivity index (χ1v) is 10.4. The van der Waals surface area contributed by atoms with Crippen LogP contribution in [-0.4, -0.2) is 41.9 Å². The lowest BCUT2D eigenvalue weighted by Gasteiger charge is -2.16. The van der Waals surface area contributed by atoms with E-state index in [2.05, 4.69) is 20.6 Å². The Bertz CT molecular complexity index is 989. The molecule has 32 heavy (non-hydrogen) atoms. The van der Waals surface area contributed by atoms with Crippen molar-refractivity contribution in [2.45, 2.75) is 33.4 Å². The summed E-state index contributed by atoms with van der Waals surface area (Å²) < 4.78 is 11.2. The largest absolute Gasteiger partial charge is 0.491 e. The molecule has 0 fully saturated rings. The van der Waals surface area contributed by atoms with E-state index in [0.717, 1.165) is 22.6 Å². The van der Waals surface area contributed by atoms with E-state index in [4.69, 9.17) is 9.15 Å². The Morgan fingerprint density at radius 1 is 1.12 bits per heavy atom. The Morgan fingerprint density at radius 2 is 1.91 bits per heavy atom. The predicted molar refractivity (Wildman–Crippen MR) is 138 cm³/mol. The zero-order valence-electron chi connectivity index (χ0n) is 18.7. The topological polar surface area (TPSA) is 91.9 Å². The molecule has 0 aliphatic heterocycles. The van der Waals surface area contributed by atoms with Gasteiger partial charge in [-0.2, -0.15) is 0 Å². The molecule has 0 amide bonds. The summed E-state index contributed by atoms with van der Waals surface area (Å²) in [4.78, 5) is 9.04. The van der Waals surface area contributed by atoms with Crippen molar-refractivity contribution in [3.05, 3.63) is 71.6 Å². The molecule has 1 unspecified atom stereocenters. The van der Waals surface area contributed by atoms with Crippen LogP contribution in [0.25, 0.3) is 11.5 Å². The standard InChI is InChI=1S/C24H30N4O3.HI/c1-4-25-24(27-14-21(29)16-30-22-7-5-6-18(3)12-22)26-13-20-15-31-23(28-20)19-10-8-17(2)9-11-19;/h5-12,15,21,29H,4,13-14,16H2,1-3H3,(H2,25,26,27);1H. The van der Waals surface area contributed by atoms with E-state index >= 15 is 0 Å². The van der Waals surface area contributed by atoms with Gasteiger partial charge in [0.1, 0.15) is 30.4 Å². The molecule has 1 atom stereocenters. The highest BCUT2D eigenvalue weighted by atomic mass is 127. The number of nitrogens with one attached hydrogen (secondary N) is 2. The van der Waals surface area contributed by atoms with Crippen LogP contribution in [0.1, 0.15) is 23.7 Å². The van der Waals surface area contributed by atoms with Crippen LogP contribution in [0, 0.1) is 13.8 Å². The van der Waals surface area contributed by atoms with Gasteiger partial charge in [0, 0.05) is 18.7 Å². The Kier molecular flexibility index (Phi) is 10.5. The highest BCUT2D eigenvalue weighted by Crippen LogP contribution is 2.19. The van der Waals surface area contributed by atoms with Crippen LogP contribution < -0.4 is 15.4 Å². The lowest BCUT2D eigenvalue weighted by Crippen LogP contribution is -2.42. The summed E-state index contributed by atoms with van der Waals surface area (Å²) >= 11 is 0. The van der Waals surface area contributed by atoms with Crippen molar-refractivity contribution >= 4 is 29.9 Å². The van der Waals surface area contributed by atoms with Crippen molar-refractivity contribution in [3.63, 3.8) is 0 Å². The van der Waals surface area contributed by atoms with Crippen molar-refractivity contribution in [1.82, 2.24) is 15.6 Å². The predicted octanol–water partition coefficient (Wildman–Crippen LogP) is 4.07. The average molecular weight is 550 g/mol. The maximum atomic E-state index is 10.2. The second-order valence-electron chi connectivity index (χ2n) is 7.37. The fourth-order valence-electron chi connectivity index (χ4n) is 2.88. The first-order valence-electron chi connectivity index (χ1n) is 10.4. The summed E-state index contributed by atoms with van der Waals surface area (Å²) in [7, 11) is 0. The molecule has 0 spiro atoms. The number of halogens is 1. The van der Waals surface area contributed by atoms with Gasteiger partial charge in [-0.15, -0.1) is 24.0 Å². The number of hydrogen-bond acceptors (Lipinski definition) is 5. The summed E-state index contributed by atoms with van der Waals surface area (Å²) in [5, 5.41) is 16.5. The van der Waals surface area contributed by atoms with Gasteiger partial charge >= 0.3 is 0 Å². The van der Waals surface area contributed by atoms with Crippen molar-refractivity contribution < 1.29 is 14.3 Å². The normalized spacial score (nSPS) is 12.1. The zero-order chi connectivity index (χ0) is 22.1. The van der Waals surface area contributed by atoms with Crippen molar-refractivity contribution in [3.8, 4) is 17.2 Å². The lowest BCUT2D eigenvalue weighted by atomic mass is 10.1. The van der Waals surface area contributed by atoms with Crippen LogP contribution in [-0.2, 0) is 6.54 Å². The molecule has 1 aromatic heterocycles. The van der Waals surface area contributed by atoms with Crippen LogP contribution >= 0.6 is 24.0 Å². The SMILES string of the molecule is CCNC(=NCc1coc(-c2ccc(C)cc2)n1)NCC(O)COc1cccc(C)c1.I. The Balaban J connectivity index is 0.00000363. The van der Waals surface area contributed by atoms with E-state index in [-0.39, 0.29) is 30.6 Å². The molecule has 0 saturated carbocycles. The summed E-state index contributed by atoms with van der Waals surface area (Å²) in [6.07, 6.45) is 0.942. The molecule has 3 N–H and O–H groups in total. The van der Waals surface area contributed by atoms with Gasteiger partial charge < -0.3 is 24.9 Å². The van der Waals surface area contributed by atoms with Crippen LogP contribution in [0.3, 0.4) is 0 Å². The van der Waals surface area contributed by atoms with Gasteiger partial charge in [-0.05, 0) is 50.6 Å². The fourth-order valence-corrected chi connectivity index (χ4v) is 2.88. The first kappa shape index (κ1) is 25.7. The summed E-state index contributed by atoms with van der Waals surface area (Å²) in [5.41, 5.74) is 3.97. The number of benzene rings is 2. The summed E-state index contributed by atoms with van der Waals surface area (Å²) in [6.45, 7) is 7.60. The quantitative estimate of drug-likeness (QED) is 0.212. The molecule has 1 heterocycles. The number of guanidine groups is 1. The highest BCUT2D eigenvalue weighted by molar-refractivity contribution is 14.0. The molecule has 0 aliphatic carbocycles. The Morgan fingerprint density at radius 3 is 2.62 bits per heavy atom. The molecule has 2 aromatic carbocycles. The van der Waals surface area contributed by atoms with Gasteiger partial charge in [0.05, 0.1) is 6.54 Å². The average Bonchev–Trinajstić information content (AvgIpc) is 3.24. The molecule has 172 valence electrons. The minimum absolute atomic E-state index is 0. The van der Waals surface area contributed by atoms with E-state index in [9.17, 15) is 5.11 Å². The fraction of sp³-hybridized carbons (Fsp3) is 0.333. The Hall–Kier alpha value is -2.59. The summed E-state index contributed by atoms with van der Waals surface area (Å²) in [6, 6.07) is 15.8. The van der Waals surface area contributed by atoms with E-state index < -0.39 is 6.10 Å². The number of rotatable bonds is 9. The third-order valence-electron chi connectivity index (χ3n) is 4.53. The van der Waals surface area contributed by atoms with E-state index in [0.29, 0.717) is 31.5 Å². The number of aromatic nitrogens is 1. The number of hydrogen-bond donors (Lipinski definition) is 3. The van der Waals surface area contributed by atoms with Crippen LogP contribution in [0.4, 0.5) is 0 Å². The molecule has 8 heteroatoms. The zero-order valence-corrected chi connectivity index (χ0v) is 21.0. The minimum Gasteiger partial charge on any atom is -0.491 e. The van der Waals surface area contributed by atoms with Crippen molar-refractivity contribution in [2.24, 2.45) is 4.99 Å². The molecule has 0 saturated heterocycles. The third kappa shape index (κ3) is 8.16. The molecule has 3 rings (SSSR count). The van der Waals surface area contributed by atoms with E-state index in [1.165, 1.54) is 5.56 Å². The van der Waals surface area contributed by atoms with Crippen molar-refractivity contribution in [2.75, 3.05) is 19.7 Å². The second-order valence-corrected chi connectivity index (χ2v) is 7.37. The number of ether oxygens (including phenoxy) is 1. The second kappa shape index (κ2) is 13.1. The summed E-state index contributed by atoms with van der Waals surface area (Å²) in [5.74, 6) is 1.92. The number of nitrogens with zero attached hydrogens (tertiary/aromatic N) is 2. The number of aryl methyl sites for hydroxylation is 2. The molecule has 7 nitrogen and oxygen atoms in total. The lowest BCUT2D eigenvalue weighted by molar-refractivity contribution is 0.110. The molecular weight excluding hydrogens is 519 g/mol. The number of aliphatic hydroxyl groups is 1. The van der Waals surface area contributed by atoms with Gasteiger partial charge in [-0.3, -0.25) is 0 Å². The first-order chi connectivity index (χ1) is 15.0. The van der Waals surface area contributed by atoms with Gasteiger partial charge in [0.25, 0.3) is 0 Å². The third-order valence-corrected chi connectivity index (χ3v) is 4.53. The molecular formula is C24H31IN4O3. The monoisotopic (exact) mass is 550 g/mol. The maximum absolute atomic E-state index is 10.2. The molecule has 0 bridgehead atoms. The van der Waals surface area contributed by atoms with Crippen molar-refractivity contribution in [1.29, 1.82) is 0 Å². The van der Waals surface area contributed by atoms with Gasteiger partial charge in [0.2, 0.25) is 5.89 Å². The van der Waals surface area contributed by atoms with Crippen LogP contribution in [0.15, 0.2) is 64.2 Å². The van der Waals surface area contributed by atoms with Gasteiger partial charge in [-0.25, -0.2) is 9.98 Å². The van der Waals surface area contributed by atoms with Gasteiger partial charge in [0.15, 0.2) is 5.96 Å². The van der Waals surface area contributed by atoms with Crippen LogP contribution in [0.2, 0.25) is 0 Å². The van der Waals surface area contributed by atoms with E-state index in [1.54, 1.807) is 6.26 Å². The minimum atomic E-state index is -0.676. The van der Waals surface area contributed by atoms with E-state index in [1.807, 2.05) is 69.3 Å². The Labute approximate surface area is 206 Å². The van der Waals surface area contributed by atoms with Gasteiger partial charge in [-0.1, -0.05) is 29.8 Å². The molecule has 0 aliphatic rings. The number of aliphatic hydroxyl groups excluding tert-OH is 1. The number of oxazole rings is 1. The molecule has 0 radical (unpaired) electrons. The maximum Gasteiger partial charge on any atom is 0.226 e. The highest BCUT2D eigenvalue weighted by Gasteiger charge is 2.09. The smallest absolute Gasteiger partial charge is 0.226 e.